The lowest BCUT2D eigenvalue weighted by Gasteiger charge is -2.41. The molecule has 0 unspecified atom stereocenters. The van der Waals surface area contributed by atoms with Crippen molar-refractivity contribution >= 4 is 23.1 Å². The number of nitrogens with one attached hydrogen (secondary N) is 1. The highest BCUT2D eigenvalue weighted by Crippen LogP contribution is 2.22. The molecule has 2 aromatic heterocycles. The molecule has 0 aromatic carbocycles. The summed E-state index contributed by atoms with van der Waals surface area (Å²) in [4.78, 5) is 15.2. The van der Waals surface area contributed by atoms with E-state index in [9.17, 15) is 5.11 Å². The first kappa shape index (κ1) is 18.1. The number of anilines is 2. The number of nitrogens with zero attached hydrogens (tertiary/aromatic N) is 4. The van der Waals surface area contributed by atoms with E-state index in [2.05, 4.69) is 56.4 Å². The molecule has 25 heavy (non-hydrogen) atoms. The SMILES string of the molecule is CC(C)Nc1ccnc(N2CCN(Cc3cccs3)[C@H](CCO)C2)n1. The number of hydrogen-bond acceptors (Lipinski definition) is 7. The maximum absolute atomic E-state index is 9.48. The minimum absolute atomic E-state index is 0.204. The van der Waals surface area contributed by atoms with E-state index >= 15 is 0 Å². The second-order valence-corrected chi connectivity index (χ2v) is 7.74. The Bertz CT molecular complexity index is 649. The molecule has 2 aromatic rings. The van der Waals surface area contributed by atoms with Crippen LogP contribution in [0.5, 0.6) is 0 Å². The van der Waals surface area contributed by atoms with E-state index in [4.69, 9.17) is 0 Å². The summed E-state index contributed by atoms with van der Waals surface area (Å²) in [5, 5.41) is 14.9. The Morgan fingerprint density at radius 2 is 2.24 bits per heavy atom. The Kier molecular flexibility index (Phi) is 6.23. The average Bonchev–Trinajstić information content (AvgIpc) is 3.09. The zero-order valence-corrected chi connectivity index (χ0v) is 15.7. The molecular weight excluding hydrogens is 334 g/mol. The first-order valence-corrected chi connectivity index (χ1v) is 9.75. The lowest BCUT2D eigenvalue weighted by atomic mass is 10.1. The molecule has 7 heteroatoms. The van der Waals surface area contributed by atoms with Gasteiger partial charge in [-0.25, -0.2) is 4.98 Å². The zero-order valence-electron chi connectivity index (χ0n) is 14.9. The van der Waals surface area contributed by atoms with Crippen LogP contribution in [0.25, 0.3) is 0 Å². The van der Waals surface area contributed by atoms with Gasteiger partial charge in [-0.05, 0) is 37.8 Å². The molecule has 1 aliphatic rings. The van der Waals surface area contributed by atoms with Crippen molar-refractivity contribution in [2.24, 2.45) is 0 Å². The van der Waals surface area contributed by atoms with Crippen LogP contribution in [0.2, 0.25) is 0 Å². The first-order chi connectivity index (χ1) is 12.2. The van der Waals surface area contributed by atoms with E-state index in [0.29, 0.717) is 12.1 Å². The van der Waals surface area contributed by atoms with Crippen LogP contribution in [-0.2, 0) is 6.54 Å². The van der Waals surface area contributed by atoms with Gasteiger partial charge < -0.3 is 15.3 Å². The molecule has 0 amide bonds. The van der Waals surface area contributed by atoms with Gasteiger partial charge in [0.15, 0.2) is 0 Å². The van der Waals surface area contributed by atoms with Crippen LogP contribution >= 0.6 is 11.3 Å². The molecule has 0 spiro atoms. The van der Waals surface area contributed by atoms with E-state index in [-0.39, 0.29) is 6.61 Å². The summed E-state index contributed by atoms with van der Waals surface area (Å²) in [6.45, 7) is 8.05. The topological polar surface area (TPSA) is 64.5 Å². The summed E-state index contributed by atoms with van der Waals surface area (Å²) in [5.41, 5.74) is 0. The van der Waals surface area contributed by atoms with Gasteiger partial charge in [-0.2, -0.15) is 4.98 Å². The molecule has 1 fully saturated rings. The van der Waals surface area contributed by atoms with Crippen molar-refractivity contribution in [1.29, 1.82) is 0 Å². The second kappa shape index (κ2) is 8.60. The molecule has 3 heterocycles. The van der Waals surface area contributed by atoms with Gasteiger partial charge in [0.1, 0.15) is 5.82 Å². The maximum Gasteiger partial charge on any atom is 0.227 e. The van der Waals surface area contributed by atoms with Gasteiger partial charge in [-0.1, -0.05) is 6.07 Å². The normalized spacial score (nSPS) is 18.7. The van der Waals surface area contributed by atoms with E-state index < -0.39 is 0 Å². The third kappa shape index (κ3) is 4.90. The number of aliphatic hydroxyl groups is 1. The van der Waals surface area contributed by atoms with Crippen LogP contribution in [0.4, 0.5) is 11.8 Å². The van der Waals surface area contributed by atoms with Gasteiger partial charge in [0.05, 0.1) is 0 Å². The number of aromatic nitrogens is 2. The van der Waals surface area contributed by atoms with Crippen molar-refractivity contribution in [2.75, 3.05) is 36.5 Å². The third-order valence-electron chi connectivity index (χ3n) is 4.37. The molecule has 3 rings (SSSR count). The quantitative estimate of drug-likeness (QED) is 0.790. The van der Waals surface area contributed by atoms with Gasteiger partial charge in [0, 0.05) is 55.9 Å². The summed E-state index contributed by atoms with van der Waals surface area (Å²) < 4.78 is 0. The summed E-state index contributed by atoms with van der Waals surface area (Å²) in [6.07, 6.45) is 2.58. The summed E-state index contributed by atoms with van der Waals surface area (Å²) in [7, 11) is 0. The summed E-state index contributed by atoms with van der Waals surface area (Å²) in [5.74, 6) is 1.63. The minimum atomic E-state index is 0.204. The van der Waals surface area contributed by atoms with Crippen LogP contribution in [-0.4, -0.2) is 58.3 Å². The van der Waals surface area contributed by atoms with Crippen LogP contribution < -0.4 is 10.2 Å². The molecule has 0 aliphatic carbocycles. The van der Waals surface area contributed by atoms with Crippen molar-refractivity contribution in [3.8, 4) is 0 Å². The predicted octanol–water partition coefficient (Wildman–Crippen LogP) is 2.43. The average molecular weight is 362 g/mol. The van der Waals surface area contributed by atoms with Gasteiger partial charge in [0.2, 0.25) is 5.95 Å². The number of rotatable bonds is 7. The van der Waals surface area contributed by atoms with Crippen LogP contribution in [0.3, 0.4) is 0 Å². The highest BCUT2D eigenvalue weighted by Gasteiger charge is 2.28. The standard InChI is InChI=1S/C18H27N5OS/c1-14(2)20-17-5-7-19-18(21-17)23-9-8-22(15(12-23)6-10-24)13-16-4-3-11-25-16/h3-5,7,11,14-15,24H,6,8-10,12-13H2,1-2H3,(H,19,20,21)/t15-/m1/s1. The van der Waals surface area contributed by atoms with Gasteiger partial charge in [-0.15, -0.1) is 11.3 Å². The first-order valence-electron chi connectivity index (χ1n) is 8.87. The van der Waals surface area contributed by atoms with E-state index in [1.54, 1.807) is 11.3 Å². The fourth-order valence-electron chi connectivity index (χ4n) is 3.19. The zero-order chi connectivity index (χ0) is 17.6. The highest BCUT2D eigenvalue weighted by molar-refractivity contribution is 7.09. The molecule has 1 aliphatic heterocycles. The van der Waals surface area contributed by atoms with Crippen LogP contribution in [0.15, 0.2) is 29.8 Å². The Morgan fingerprint density at radius 3 is 2.96 bits per heavy atom. The molecule has 6 nitrogen and oxygen atoms in total. The van der Waals surface area contributed by atoms with Gasteiger partial charge in [-0.3, -0.25) is 4.90 Å². The van der Waals surface area contributed by atoms with Crippen LogP contribution in [0, 0.1) is 0 Å². The number of thiophene rings is 1. The predicted molar refractivity (Wildman–Crippen MR) is 103 cm³/mol. The molecule has 0 radical (unpaired) electrons. The van der Waals surface area contributed by atoms with Crippen molar-refractivity contribution in [3.63, 3.8) is 0 Å². The van der Waals surface area contributed by atoms with Gasteiger partial charge in [0.25, 0.3) is 0 Å². The minimum Gasteiger partial charge on any atom is -0.396 e. The van der Waals surface area contributed by atoms with Crippen molar-refractivity contribution in [3.05, 3.63) is 34.7 Å². The number of aliphatic hydroxyl groups excluding tert-OH is 1. The monoisotopic (exact) mass is 361 g/mol. The summed E-state index contributed by atoms with van der Waals surface area (Å²) >= 11 is 1.79. The third-order valence-corrected chi connectivity index (χ3v) is 5.23. The molecule has 1 atom stereocenters. The number of hydrogen-bond donors (Lipinski definition) is 2. The Hall–Kier alpha value is -1.70. The van der Waals surface area contributed by atoms with Crippen molar-refractivity contribution < 1.29 is 5.11 Å². The van der Waals surface area contributed by atoms with Crippen molar-refractivity contribution in [1.82, 2.24) is 14.9 Å². The second-order valence-electron chi connectivity index (χ2n) is 6.70. The molecule has 0 saturated carbocycles. The van der Waals surface area contributed by atoms with E-state index in [1.807, 2.05) is 12.3 Å². The molecular formula is C18H27N5OS. The smallest absolute Gasteiger partial charge is 0.227 e. The molecule has 0 bridgehead atoms. The maximum atomic E-state index is 9.48. The number of piperazine rings is 1. The van der Waals surface area contributed by atoms with E-state index in [0.717, 1.165) is 44.4 Å². The van der Waals surface area contributed by atoms with Crippen molar-refractivity contribution in [2.45, 2.75) is 38.9 Å². The fourth-order valence-corrected chi connectivity index (χ4v) is 3.91. The summed E-state index contributed by atoms with van der Waals surface area (Å²) in [6, 6.07) is 6.83. The molecule has 2 N–H and O–H groups in total. The largest absolute Gasteiger partial charge is 0.396 e. The highest BCUT2D eigenvalue weighted by atomic mass is 32.1. The lowest BCUT2D eigenvalue weighted by Crippen LogP contribution is -2.53. The van der Waals surface area contributed by atoms with E-state index in [1.165, 1.54) is 4.88 Å². The Labute approximate surface area is 153 Å². The Balaban J connectivity index is 1.68. The fraction of sp³-hybridized carbons (Fsp3) is 0.556. The van der Waals surface area contributed by atoms with Crippen LogP contribution in [0.1, 0.15) is 25.1 Å². The lowest BCUT2D eigenvalue weighted by molar-refractivity contribution is 0.136. The Morgan fingerprint density at radius 1 is 1.36 bits per heavy atom. The van der Waals surface area contributed by atoms with Gasteiger partial charge >= 0.3 is 0 Å². The molecule has 1 saturated heterocycles. The molecule has 136 valence electrons.